The molecule has 1 aromatic heterocycles. The van der Waals surface area contributed by atoms with Crippen LogP contribution < -0.4 is 0 Å². The molecule has 2 N–H and O–H groups in total. The number of carbonyl (C=O) groups is 2. The van der Waals surface area contributed by atoms with Gasteiger partial charge in [0.2, 0.25) is 0 Å². The summed E-state index contributed by atoms with van der Waals surface area (Å²) in [5, 5.41) is 20.0. The van der Waals surface area contributed by atoms with E-state index < -0.39 is 12.2 Å². The van der Waals surface area contributed by atoms with Crippen LogP contribution in [-0.2, 0) is 17.9 Å². The van der Waals surface area contributed by atoms with E-state index in [1.54, 1.807) is 19.1 Å². The predicted octanol–water partition coefficient (Wildman–Crippen LogP) is 2.43. The highest BCUT2D eigenvalue weighted by molar-refractivity contribution is 9.10. The second-order valence-corrected chi connectivity index (χ2v) is 6.79. The number of hydrogen-bond acceptors (Lipinski definition) is 6. The van der Waals surface area contributed by atoms with Crippen molar-refractivity contribution in [1.82, 2.24) is 14.9 Å². The number of amides is 1. The molecule has 3 rings (SSSR count). The molecule has 1 amide bonds. The van der Waals surface area contributed by atoms with Crippen molar-refractivity contribution >= 4 is 28.0 Å². The van der Waals surface area contributed by atoms with Gasteiger partial charge in [0.15, 0.2) is 0 Å². The lowest BCUT2D eigenvalue weighted by Crippen LogP contribution is -2.34. The largest absolute Gasteiger partial charge is 0.465 e. The molecule has 1 aliphatic heterocycles. The standard InChI is InChI=1S/C17H16BrN3O5/c1-9-11(2-3-12-13(9)8-26-16(12)23)14(22)6-21(17(24)25)7-15-19-4-10(18)5-20-15/h2-5,14,22H,6-8H2,1H3,(H,24,25). The van der Waals surface area contributed by atoms with Crippen molar-refractivity contribution in [3.05, 3.63) is 57.1 Å². The third kappa shape index (κ3) is 3.68. The van der Waals surface area contributed by atoms with Crippen LogP contribution in [0.5, 0.6) is 0 Å². The van der Waals surface area contributed by atoms with Crippen LogP contribution in [0.25, 0.3) is 0 Å². The average Bonchev–Trinajstić information content (AvgIpc) is 2.98. The molecule has 2 aromatic rings. The van der Waals surface area contributed by atoms with Gasteiger partial charge in [0.1, 0.15) is 12.4 Å². The Labute approximate surface area is 157 Å². The van der Waals surface area contributed by atoms with Crippen molar-refractivity contribution in [2.45, 2.75) is 26.2 Å². The molecule has 1 unspecified atom stereocenters. The molecule has 0 saturated carbocycles. The zero-order chi connectivity index (χ0) is 18.8. The number of aromatic nitrogens is 2. The van der Waals surface area contributed by atoms with Gasteiger partial charge < -0.3 is 14.9 Å². The number of aliphatic hydroxyl groups excluding tert-OH is 1. The topological polar surface area (TPSA) is 113 Å². The second-order valence-electron chi connectivity index (χ2n) is 5.88. The Morgan fingerprint density at radius 1 is 1.38 bits per heavy atom. The maximum absolute atomic E-state index is 11.6. The van der Waals surface area contributed by atoms with Crippen molar-refractivity contribution in [3.8, 4) is 0 Å². The summed E-state index contributed by atoms with van der Waals surface area (Å²) < 4.78 is 5.69. The number of hydrogen-bond donors (Lipinski definition) is 2. The van der Waals surface area contributed by atoms with Crippen molar-refractivity contribution in [2.75, 3.05) is 6.54 Å². The van der Waals surface area contributed by atoms with Gasteiger partial charge in [-0.25, -0.2) is 19.6 Å². The highest BCUT2D eigenvalue weighted by atomic mass is 79.9. The molecule has 1 aliphatic rings. The first-order valence-corrected chi connectivity index (χ1v) is 8.58. The van der Waals surface area contributed by atoms with Crippen molar-refractivity contribution in [1.29, 1.82) is 0 Å². The van der Waals surface area contributed by atoms with E-state index in [0.29, 0.717) is 21.4 Å². The minimum atomic E-state index is -1.19. The fraction of sp³-hybridized carbons (Fsp3) is 0.294. The van der Waals surface area contributed by atoms with Gasteiger partial charge in [-0.3, -0.25) is 4.90 Å². The number of fused-ring (bicyclic) bond motifs is 1. The Hall–Kier alpha value is -2.52. The smallest absolute Gasteiger partial charge is 0.407 e. The highest BCUT2D eigenvalue weighted by Gasteiger charge is 2.27. The number of aliphatic hydroxyl groups is 1. The first-order valence-electron chi connectivity index (χ1n) is 7.78. The third-order valence-electron chi connectivity index (χ3n) is 4.24. The number of cyclic esters (lactones) is 1. The van der Waals surface area contributed by atoms with E-state index in [1.807, 2.05) is 0 Å². The SMILES string of the molecule is Cc1c(C(O)CN(Cc2ncc(Br)cn2)C(=O)O)ccc2c1COC2=O. The van der Waals surface area contributed by atoms with Gasteiger partial charge in [0.05, 0.1) is 29.2 Å². The van der Waals surface area contributed by atoms with Crippen LogP contribution in [0.3, 0.4) is 0 Å². The summed E-state index contributed by atoms with van der Waals surface area (Å²) in [6.45, 7) is 1.74. The lowest BCUT2D eigenvalue weighted by molar-refractivity contribution is 0.0534. The number of halogens is 1. The Kier molecular flexibility index (Phi) is 5.19. The maximum Gasteiger partial charge on any atom is 0.407 e. The monoisotopic (exact) mass is 421 g/mol. The average molecular weight is 422 g/mol. The normalized spacial score (nSPS) is 13.9. The molecule has 2 heterocycles. The quantitative estimate of drug-likeness (QED) is 0.712. The minimum Gasteiger partial charge on any atom is -0.465 e. The molecular formula is C17H16BrN3O5. The van der Waals surface area contributed by atoms with Crippen LogP contribution in [0.4, 0.5) is 4.79 Å². The predicted molar refractivity (Wildman–Crippen MR) is 93.4 cm³/mol. The number of nitrogens with zero attached hydrogens (tertiary/aromatic N) is 3. The number of carbonyl (C=O) groups excluding carboxylic acids is 1. The van der Waals surface area contributed by atoms with E-state index in [2.05, 4.69) is 25.9 Å². The van der Waals surface area contributed by atoms with E-state index in [0.717, 1.165) is 16.0 Å². The van der Waals surface area contributed by atoms with Gasteiger partial charge in [0.25, 0.3) is 0 Å². The Morgan fingerprint density at radius 2 is 2.08 bits per heavy atom. The molecule has 8 nitrogen and oxygen atoms in total. The fourth-order valence-corrected chi connectivity index (χ4v) is 3.04. The van der Waals surface area contributed by atoms with Crippen LogP contribution in [0.2, 0.25) is 0 Å². The Morgan fingerprint density at radius 3 is 2.73 bits per heavy atom. The summed E-state index contributed by atoms with van der Waals surface area (Å²) in [5.74, 6) is -0.0591. The van der Waals surface area contributed by atoms with Crippen LogP contribution in [0.1, 0.15) is 39.0 Å². The van der Waals surface area contributed by atoms with E-state index in [4.69, 9.17) is 4.74 Å². The summed E-state index contributed by atoms with van der Waals surface area (Å²) in [6.07, 6.45) is 0.816. The molecule has 0 aliphatic carbocycles. The van der Waals surface area contributed by atoms with Gasteiger partial charge >= 0.3 is 12.1 Å². The fourth-order valence-electron chi connectivity index (χ4n) is 2.84. The number of benzene rings is 1. The summed E-state index contributed by atoms with van der Waals surface area (Å²) in [6, 6.07) is 3.22. The summed E-state index contributed by atoms with van der Waals surface area (Å²) in [5.41, 5.74) is 2.50. The van der Waals surface area contributed by atoms with Gasteiger partial charge in [0, 0.05) is 18.0 Å². The zero-order valence-electron chi connectivity index (χ0n) is 13.8. The molecule has 0 bridgehead atoms. The molecular weight excluding hydrogens is 406 g/mol. The molecule has 1 atom stereocenters. The van der Waals surface area contributed by atoms with Crippen molar-refractivity contribution < 1.29 is 24.5 Å². The van der Waals surface area contributed by atoms with Crippen molar-refractivity contribution in [3.63, 3.8) is 0 Å². The van der Waals surface area contributed by atoms with E-state index in [9.17, 15) is 19.8 Å². The number of esters is 1. The first-order chi connectivity index (χ1) is 12.4. The number of ether oxygens (including phenoxy) is 1. The van der Waals surface area contributed by atoms with Crippen LogP contribution >= 0.6 is 15.9 Å². The molecule has 0 saturated heterocycles. The summed E-state index contributed by atoms with van der Waals surface area (Å²) >= 11 is 3.22. The lowest BCUT2D eigenvalue weighted by atomic mass is 9.95. The zero-order valence-corrected chi connectivity index (χ0v) is 15.4. The van der Waals surface area contributed by atoms with Gasteiger partial charge in [-0.15, -0.1) is 0 Å². The van der Waals surface area contributed by atoms with Gasteiger partial charge in [-0.05, 0) is 40.0 Å². The highest BCUT2D eigenvalue weighted by Crippen LogP contribution is 2.29. The van der Waals surface area contributed by atoms with Gasteiger partial charge in [-0.1, -0.05) is 6.07 Å². The molecule has 0 spiro atoms. The third-order valence-corrected chi connectivity index (χ3v) is 4.65. The molecule has 26 heavy (non-hydrogen) atoms. The van der Waals surface area contributed by atoms with E-state index in [-0.39, 0.29) is 25.7 Å². The molecule has 9 heteroatoms. The molecule has 136 valence electrons. The minimum absolute atomic E-state index is 0.0503. The maximum atomic E-state index is 11.6. The molecule has 0 radical (unpaired) electrons. The lowest BCUT2D eigenvalue weighted by Gasteiger charge is -2.23. The van der Waals surface area contributed by atoms with Crippen LogP contribution in [0, 0.1) is 6.92 Å². The molecule has 0 fully saturated rings. The van der Waals surface area contributed by atoms with Crippen LogP contribution in [-0.4, -0.2) is 43.7 Å². The number of rotatable bonds is 5. The molecule has 1 aromatic carbocycles. The van der Waals surface area contributed by atoms with Gasteiger partial charge in [-0.2, -0.15) is 0 Å². The summed E-state index contributed by atoms with van der Waals surface area (Å²) in [4.78, 5) is 32.3. The summed E-state index contributed by atoms with van der Waals surface area (Å²) in [7, 11) is 0. The Balaban J connectivity index is 1.78. The Bertz CT molecular complexity index is 856. The van der Waals surface area contributed by atoms with E-state index >= 15 is 0 Å². The second kappa shape index (κ2) is 7.38. The van der Waals surface area contributed by atoms with Crippen LogP contribution in [0.15, 0.2) is 29.0 Å². The first kappa shape index (κ1) is 18.3. The number of carboxylic acid groups (broad SMARTS) is 1. The van der Waals surface area contributed by atoms with Crippen molar-refractivity contribution in [2.24, 2.45) is 0 Å². The van der Waals surface area contributed by atoms with E-state index in [1.165, 1.54) is 12.4 Å².